The molecule has 1 N–H and O–H groups in total. The Balaban J connectivity index is 1.72. The Morgan fingerprint density at radius 1 is 1.44 bits per heavy atom. The molecule has 7 nitrogen and oxygen atoms in total. The van der Waals surface area contributed by atoms with Crippen LogP contribution in [0.1, 0.15) is 36.7 Å². The Labute approximate surface area is 144 Å². The van der Waals surface area contributed by atoms with Crippen LogP contribution in [-0.2, 0) is 11.3 Å². The number of carbonyl (C=O) groups is 1. The van der Waals surface area contributed by atoms with Gasteiger partial charge in [-0.2, -0.15) is 0 Å². The number of aromatic nitrogens is 2. The molecule has 1 aromatic heterocycles. The Kier molecular flexibility index (Phi) is 4.78. The molecule has 25 heavy (non-hydrogen) atoms. The summed E-state index contributed by atoms with van der Waals surface area (Å²) in [5.74, 6) is -0.115. The summed E-state index contributed by atoms with van der Waals surface area (Å²) in [6.07, 6.45) is 4.39. The third-order valence-corrected chi connectivity index (χ3v) is 4.63. The number of halogens is 1. The highest BCUT2D eigenvalue weighted by molar-refractivity contribution is 5.76. The second kappa shape index (κ2) is 7.00. The van der Waals surface area contributed by atoms with E-state index < -0.39 is 4.92 Å². The van der Waals surface area contributed by atoms with E-state index in [2.05, 4.69) is 10.3 Å². The van der Waals surface area contributed by atoms with Crippen LogP contribution in [0.25, 0.3) is 0 Å². The first-order valence-corrected chi connectivity index (χ1v) is 8.17. The molecule has 1 aliphatic carbocycles. The smallest absolute Gasteiger partial charge is 0.358 e. The Morgan fingerprint density at radius 3 is 2.64 bits per heavy atom. The number of carbonyl (C=O) groups excluding carboxylic acids is 1. The lowest BCUT2D eigenvalue weighted by molar-refractivity contribution is -0.389. The molecule has 0 spiro atoms. The monoisotopic (exact) mass is 346 g/mol. The van der Waals surface area contributed by atoms with Crippen molar-refractivity contribution in [3.05, 3.63) is 57.8 Å². The van der Waals surface area contributed by atoms with Crippen LogP contribution in [0.3, 0.4) is 0 Å². The number of benzene rings is 1. The normalized spacial score (nSPS) is 15.4. The van der Waals surface area contributed by atoms with Gasteiger partial charge in [-0.15, -0.1) is 0 Å². The molecule has 1 aromatic carbocycles. The summed E-state index contributed by atoms with van der Waals surface area (Å²) < 4.78 is 14.6. The van der Waals surface area contributed by atoms with Crippen LogP contribution in [-0.4, -0.2) is 20.4 Å². The van der Waals surface area contributed by atoms with Gasteiger partial charge in [-0.05, 0) is 46.4 Å². The molecular formula is C17H19FN4O3. The number of imidazole rings is 1. The molecule has 1 saturated carbocycles. The fraction of sp³-hybridized carbons (Fsp3) is 0.412. The number of rotatable bonds is 6. The SMILES string of the molecule is Cc1nc([N+](=O)[O-])cn1CC(=O)N[C@H](c1ccc(F)cc1)C1CCC1. The molecule has 0 saturated heterocycles. The minimum absolute atomic E-state index is 0.0446. The van der Waals surface area contributed by atoms with Crippen LogP contribution in [0.2, 0.25) is 0 Å². The zero-order valence-electron chi connectivity index (χ0n) is 13.8. The van der Waals surface area contributed by atoms with Gasteiger partial charge in [0.1, 0.15) is 18.6 Å². The van der Waals surface area contributed by atoms with E-state index in [0.717, 1.165) is 24.8 Å². The second-order valence-electron chi connectivity index (χ2n) is 6.32. The van der Waals surface area contributed by atoms with Crippen LogP contribution in [0.15, 0.2) is 30.5 Å². The number of nitrogens with zero attached hydrogens (tertiary/aromatic N) is 3. The minimum atomic E-state index is -0.586. The highest BCUT2D eigenvalue weighted by Crippen LogP contribution is 2.37. The number of nitrogens with one attached hydrogen (secondary N) is 1. The van der Waals surface area contributed by atoms with Gasteiger partial charge in [-0.1, -0.05) is 18.6 Å². The molecule has 0 unspecified atom stereocenters. The molecule has 0 aliphatic heterocycles. The van der Waals surface area contributed by atoms with Crippen LogP contribution in [0, 0.1) is 28.8 Å². The third kappa shape index (κ3) is 3.84. The third-order valence-electron chi connectivity index (χ3n) is 4.63. The van der Waals surface area contributed by atoms with Crippen molar-refractivity contribution >= 4 is 11.7 Å². The average Bonchev–Trinajstić information content (AvgIpc) is 2.87. The van der Waals surface area contributed by atoms with E-state index in [1.54, 1.807) is 19.1 Å². The molecule has 1 heterocycles. The Morgan fingerprint density at radius 2 is 2.12 bits per heavy atom. The van der Waals surface area contributed by atoms with Crippen molar-refractivity contribution in [1.82, 2.24) is 14.9 Å². The standard InChI is InChI=1S/C17H19FN4O3/c1-11-19-15(22(24)25)9-21(11)10-16(23)20-17(12-3-2-4-12)13-5-7-14(18)8-6-13/h5-9,12,17H,2-4,10H2,1H3,(H,20,23)/t17-/m0/s1. The molecule has 0 bridgehead atoms. The van der Waals surface area contributed by atoms with Gasteiger partial charge < -0.3 is 15.4 Å². The maximum Gasteiger partial charge on any atom is 0.381 e. The molecule has 2 aromatic rings. The lowest BCUT2D eigenvalue weighted by Crippen LogP contribution is -2.38. The van der Waals surface area contributed by atoms with Crippen LogP contribution < -0.4 is 5.32 Å². The van der Waals surface area contributed by atoms with E-state index in [0.29, 0.717) is 11.7 Å². The van der Waals surface area contributed by atoms with E-state index in [1.165, 1.54) is 22.9 Å². The van der Waals surface area contributed by atoms with E-state index in [4.69, 9.17) is 0 Å². The van der Waals surface area contributed by atoms with Gasteiger partial charge in [0.05, 0.1) is 6.04 Å². The number of hydrogen-bond acceptors (Lipinski definition) is 4. The van der Waals surface area contributed by atoms with Gasteiger partial charge in [-0.3, -0.25) is 9.36 Å². The number of hydrogen-bond donors (Lipinski definition) is 1. The van der Waals surface area contributed by atoms with Gasteiger partial charge >= 0.3 is 5.82 Å². The maximum absolute atomic E-state index is 13.2. The summed E-state index contributed by atoms with van der Waals surface area (Å²) >= 11 is 0. The quantitative estimate of drug-likeness (QED) is 0.643. The van der Waals surface area contributed by atoms with Gasteiger partial charge in [-0.25, -0.2) is 4.39 Å². The zero-order chi connectivity index (χ0) is 18.0. The fourth-order valence-electron chi connectivity index (χ4n) is 3.03. The molecule has 132 valence electrons. The Bertz CT molecular complexity index is 784. The molecule has 1 aliphatic rings. The van der Waals surface area contributed by atoms with Gasteiger partial charge in [0, 0.05) is 6.92 Å². The zero-order valence-corrected chi connectivity index (χ0v) is 13.8. The van der Waals surface area contributed by atoms with E-state index >= 15 is 0 Å². The molecule has 8 heteroatoms. The minimum Gasteiger partial charge on any atom is -0.358 e. The number of nitro groups is 1. The van der Waals surface area contributed by atoms with Crippen molar-refractivity contribution in [2.75, 3.05) is 0 Å². The topological polar surface area (TPSA) is 90.1 Å². The van der Waals surface area contributed by atoms with Crippen molar-refractivity contribution in [3.63, 3.8) is 0 Å². The maximum atomic E-state index is 13.2. The highest BCUT2D eigenvalue weighted by Gasteiger charge is 2.30. The van der Waals surface area contributed by atoms with Crippen molar-refractivity contribution < 1.29 is 14.1 Å². The highest BCUT2D eigenvalue weighted by atomic mass is 19.1. The first-order valence-electron chi connectivity index (χ1n) is 8.17. The molecular weight excluding hydrogens is 327 g/mol. The van der Waals surface area contributed by atoms with E-state index in [9.17, 15) is 19.3 Å². The average molecular weight is 346 g/mol. The van der Waals surface area contributed by atoms with Crippen molar-refractivity contribution in [2.45, 2.75) is 38.8 Å². The first kappa shape index (κ1) is 17.1. The summed E-state index contributed by atoms with van der Waals surface area (Å²) in [6.45, 7) is 1.57. The summed E-state index contributed by atoms with van der Waals surface area (Å²) in [5.41, 5.74) is 0.868. The molecule has 1 amide bonds. The number of amides is 1. The number of aryl methyl sites for hydroxylation is 1. The summed E-state index contributed by atoms with van der Waals surface area (Å²) in [6, 6.07) is 5.96. The van der Waals surface area contributed by atoms with Crippen LogP contribution in [0.5, 0.6) is 0 Å². The second-order valence-corrected chi connectivity index (χ2v) is 6.32. The molecule has 1 fully saturated rings. The first-order chi connectivity index (χ1) is 11.9. The summed E-state index contributed by atoms with van der Waals surface area (Å²) in [7, 11) is 0. The summed E-state index contributed by atoms with van der Waals surface area (Å²) in [4.78, 5) is 26.4. The molecule has 0 radical (unpaired) electrons. The molecule has 1 atom stereocenters. The van der Waals surface area contributed by atoms with E-state index in [1.807, 2.05) is 0 Å². The lowest BCUT2D eigenvalue weighted by atomic mass is 9.77. The van der Waals surface area contributed by atoms with Crippen molar-refractivity contribution in [1.29, 1.82) is 0 Å². The molecule has 3 rings (SSSR count). The predicted molar refractivity (Wildman–Crippen MR) is 88.2 cm³/mol. The fourth-order valence-corrected chi connectivity index (χ4v) is 3.03. The van der Waals surface area contributed by atoms with Crippen molar-refractivity contribution in [2.24, 2.45) is 5.92 Å². The van der Waals surface area contributed by atoms with Crippen molar-refractivity contribution in [3.8, 4) is 0 Å². The lowest BCUT2D eigenvalue weighted by Gasteiger charge is -2.34. The predicted octanol–water partition coefficient (Wildman–Crippen LogP) is 2.90. The Hall–Kier alpha value is -2.77. The largest absolute Gasteiger partial charge is 0.381 e. The van der Waals surface area contributed by atoms with Gasteiger partial charge in [0.2, 0.25) is 11.7 Å². The van der Waals surface area contributed by atoms with Crippen LogP contribution >= 0.6 is 0 Å². The van der Waals surface area contributed by atoms with Crippen LogP contribution in [0.4, 0.5) is 10.2 Å². The van der Waals surface area contributed by atoms with E-state index in [-0.39, 0.29) is 30.1 Å². The van der Waals surface area contributed by atoms with Gasteiger partial charge in [0.25, 0.3) is 0 Å². The van der Waals surface area contributed by atoms with Gasteiger partial charge in [0.15, 0.2) is 0 Å². The summed E-state index contributed by atoms with van der Waals surface area (Å²) in [5, 5.41) is 13.8.